The molecular formula is C16H21BrN2O4. The highest BCUT2D eigenvalue weighted by atomic mass is 79.9. The molecular weight excluding hydrogens is 364 g/mol. The van der Waals surface area contributed by atoms with E-state index in [4.69, 9.17) is 4.74 Å². The topological polar surface area (TPSA) is 78.9 Å². The second-order valence-corrected chi connectivity index (χ2v) is 7.65. The number of carbonyl (C=O) groups excluding carboxylic acids is 1. The first-order valence-corrected chi connectivity index (χ1v) is 8.12. The van der Waals surface area contributed by atoms with Crippen LogP contribution in [0, 0.1) is 0 Å². The molecule has 0 aliphatic carbocycles. The smallest absolute Gasteiger partial charge is 0.410 e. The number of amides is 1. The number of para-hydroxylation sites is 1. The Labute approximate surface area is 143 Å². The maximum absolute atomic E-state index is 12.1. The third-order valence-electron chi connectivity index (χ3n) is 3.40. The first-order valence-electron chi connectivity index (χ1n) is 7.33. The highest BCUT2D eigenvalue weighted by molar-refractivity contribution is 9.10. The molecule has 7 heteroatoms. The van der Waals surface area contributed by atoms with E-state index in [9.17, 15) is 14.7 Å². The highest BCUT2D eigenvalue weighted by Crippen LogP contribution is 2.33. The number of carboxylic acids is 1. The van der Waals surface area contributed by atoms with Crippen molar-refractivity contribution in [3.05, 3.63) is 28.7 Å². The van der Waals surface area contributed by atoms with Crippen LogP contribution in [0.5, 0.6) is 0 Å². The Morgan fingerprint density at radius 3 is 2.48 bits per heavy atom. The summed E-state index contributed by atoms with van der Waals surface area (Å²) in [5.41, 5.74) is -0.456. The summed E-state index contributed by atoms with van der Waals surface area (Å²) in [6, 6.07) is 7.49. The molecule has 126 valence electrons. The Morgan fingerprint density at radius 1 is 1.35 bits per heavy atom. The standard InChI is InChI=1S/C16H21BrN2O4/c1-15(2,3)23-14(22)19-9-16(10-19,8-13(20)21)18-12-7-5-4-6-11(12)17/h4-7,18H,8-10H2,1-3H3,(H,20,21). The molecule has 0 radical (unpaired) electrons. The molecule has 0 unspecified atom stereocenters. The van der Waals surface area contributed by atoms with Crippen LogP contribution in [0.2, 0.25) is 0 Å². The van der Waals surface area contributed by atoms with E-state index in [1.54, 1.807) is 20.8 Å². The van der Waals surface area contributed by atoms with Gasteiger partial charge >= 0.3 is 12.1 Å². The highest BCUT2D eigenvalue weighted by Gasteiger charge is 2.48. The monoisotopic (exact) mass is 384 g/mol. The van der Waals surface area contributed by atoms with E-state index in [2.05, 4.69) is 21.2 Å². The van der Waals surface area contributed by atoms with Crippen molar-refractivity contribution in [2.24, 2.45) is 0 Å². The van der Waals surface area contributed by atoms with Gasteiger partial charge in [0.1, 0.15) is 5.60 Å². The van der Waals surface area contributed by atoms with E-state index in [1.807, 2.05) is 24.3 Å². The number of rotatable bonds is 4. The molecule has 1 fully saturated rings. The third-order valence-corrected chi connectivity index (χ3v) is 4.09. The SMILES string of the molecule is CC(C)(C)OC(=O)N1CC(CC(=O)O)(Nc2ccccc2Br)C1. The summed E-state index contributed by atoms with van der Waals surface area (Å²) in [6.45, 7) is 5.97. The summed E-state index contributed by atoms with van der Waals surface area (Å²) < 4.78 is 6.16. The summed E-state index contributed by atoms with van der Waals surface area (Å²) in [6.07, 6.45) is -0.499. The van der Waals surface area contributed by atoms with Gasteiger partial charge in [-0.25, -0.2) is 4.79 Å². The molecule has 1 saturated heterocycles. The molecule has 1 amide bonds. The zero-order valence-electron chi connectivity index (χ0n) is 13.4. The van der Waals surface area contributed by atoms with Gasteiger partial charge in [-0.3, -0.25) is 4.79 Å². The number of carboxylic acid groups (broad SMARTS) is 1. The van der Waals surface area contributed by atoms with Crippen molar-refractivity contribution in [3.8, 4) is 0 Å². The lowest BCUT2D eigenvalue weighted by Gasteiger charge is -2.50. The Morgan fingerprint density at radius 2 is 1.96 bits per heavy atom. The minimum Gasteiger partial charge on any atom is -0.481 e. The molecule has 1 aliphatic rings. The van der Waals surface area contributed by atoms with Gasteiger partial charge in [0.2, 0.25) is 0 Å². The number of nitrogens with one attached hydrogen (secondary N) is 1. The van der Waals surface area contributed by atoms with Crippen LogP contribution >= 0.6 is 15.9 Å². The number of halogens is 1. The number of ether oxygens (including phenoxy) is 1. The van der Waals surface area contributed by atoms with Crippen molar-refractivity contribution >= 4 is 33.7 Å². The van der Waals surface area contributed by atoms with E-state index in [0.717, 1.165) is 10.2 Å². The minimum atomic E-state index is -0.909. The van der Waals surface area contributed by atoms with Gasteiger partial charge < -0.3 is 20.1 Å². The molecule has 1 aromatic carbocycles. The van der Waals surface area contributed by atoms with Gasteiger partial charge in [-0.2, -0.15) is 0 Å². The minimum absolute atomic E-state index is 0.0758. The van der Waals surface area contributed by atoms with Gasteiger partial charge in [-0.15, -0.1) is 0 Å². The van der Waals surface area contributed by atoms with Gasteiger partial charge in [-0.1, -0.05) is 12.1 Å². The van der Waals surface area contributed by atoms with E-state index in [-0.39, 0.29) is 19.5 Å². The fraction of sp³-hybridized carbons (Fsp3) is 0.500. The summed E-state index contributed by atoms with van der Waals surface area (Å²) in [5, 5.41) is 12.4. The van der Waals surface area contributed by atoms with Crippen LogP contribution in [-0.2, 0) is 9.53 Å². The van der Waals surface area contributed by atoms with Crippen LogP contribution in [0.4, 0.5) is 10.5 Å². The molecule has 0 aromatic heterocycles. The average Bonchev–Trinajstić information content (AvgIpc) is 2.35. The van der Waals surface area contributed by atoms with Gasteiger partial charge in [-0.05, 0) is 48.8 Å². The first-order chi connectivity index (χ1) is 10.6. The van der Waals surface area contributed by atoms with Gasteiger partial charge in [0.25, 0.3) is 0 Å². The van der Waals surface area contributed by atoms with Crippen molar-refractivity contribution in [1.29, 1.82) is 0 Å². The Bertz CT molecular complexity index is 606. The van der Waals surface area contributed by atoms with E-state index in [1.165, 1.54) is 4.90 Å². The first kappa shape index (κ1) is 17.6. The normalized spacial score (nSPS) is 16.4. The molecule has 0 atom stereocenters. The average molecular weight is 385 g/mol. The Kier molecular flexibility index (Phi) is 4.89. The van der Waals surface area contributed by atoms with E-state index >= 15 is 0 Å². The van der Waals surface area contributed by atoms with Crippen molar-refractivity contribution in [2.75, 3.05) is 18.4 Å². The molecule has 1 aliphatic heterocycles. The van der Waals surface area contributed by atoms with Gasteiger partial charge in [0.15, 0.2) is 0 Å². The molecule has 1 aromatic rings. The number of nitrogens with zero attached hydrogens (tertiary/aromatic N) is 1. The lowest BCUT2D eigenvalue weighted by atomic mass is 9.86. The predicted octanol–water partition coefficient (Wildman–Crippen LogP) is 3.33. The zero-order chi connectivity index (χ0) is 17.3. The summed E-state index contributed by atoms with van der Waals surface area (Å²) >= 11 is 3.44. The molecule has 2 N–H and O–H groups in total. The van der Waals surface area contributed by atoms with Crippen molar-refractivity contribution in [1.82, 2.24) is 4.90 Å². The second-order valence-electron chi connectivity index (χ2n) is 6.79. The predicted molar refractivity (Wildman–Crippen MR) is 90.6 cm³/mol. The van der Waals surface area contributed by atoms with Crippen LogP contribution in [-0.4, -0.2) is 46.3 Å². The van der Waals surface area contributed by atoms with E-state index < -0.39 is 23.2 Å². The molecule has 0 bridgehead atoms. The molecule has 0 saturated carbocycles. The number of carbonyl (C=O) groups is 2. The van der Waals surface area contributed by atoms with Crippen LogP contribution in [0.3, 0.4) is 0 Å². The number of hydrogen-bond donors (Lipinski definition) is 2. The van der Waals surface area contributed by atoms with Crippen LogP contribution in [0.1, 0.15) is 27.2 Å². The molecule has 1 heterocycles. The molecule has 2 rings (SSSR count). The quantitative estimate of drug-likeness (QED) is 0.831. The lowest BCUT2D eigenvalue weighted by Crippen LogP contribution is -2.68. The van der Waals surface area contributed by atoms with Crippen molar-refractivity contribution in [2.45, 2.75) is 38.3 Å². The number of benzene rings is 1. The largest absolute Gasteiger partial charge is 0.481 e. The van der Waals surface area contributed by atoms with Gasteiger partial charge in [0, 0.05) is 23.2 Å². The zero-order valence-corrected chi connectivity index (χ0v) is 15.0. The van der Waals surface area contributed by atoms with Crippen molar-refractivity contribution in [3.63, 3.8) is 0 Å². The molecule has 6 nitrogen and oxygen atoms in total. The number of anilines is 1. The fourth-order valence-corrected chi connectivity index (χ4v) is 2.90. The molecule has 0 spiro atoms. The van der Waals surface area contributed by atoms with E-state index in [0.29, 0.717) is 0 Å². The summed E-state index contributed by atoms with van der Waals surface area (Å²) in [7, 11) is 0. The maximum atomic E-state index is 12.1. The van der Waals surface area contributed by atoms with Gasteiger partial charge in [0.05, 0.1) is 12.0 Å². The van der Waals surface area contributed by atoms with Crippen LogP contribution in [0.15, 0.2) is 28.7 Å². The maximum Gasteiger partial charge on any atom is 0.410 e. The molecule has 23 heavy (non-hydrogen) atoms. The van der Waals surface area contributed by atoms with Crippen LogP contribution in [0.25, 0.3) is 0 Å². The number of aliphatic carboxylic acids is 1. The summed E-state index contributed by atoms with van der Waals surface area (Å²) in [4.78, 5) is 24.8. The van der Waals surface area contributed by atoms with Crippen molar-refractivity contribution < 1.29 is 19.4 Å². The fourth-order valence-electron chi connectivity index (χ4n) is 2.51. The summed E-state index contributed by atoms with van der Waals surface area (Å²) in [5.74, 6) is -0.909. The third kappa shape index (κ3) is 4.60. The Balaban J connectivity index is 2.08. The lowest BCUT2D eigenvalue weighted by molar-refractivity contribution is -0.139. The number of hydrogen-bond acceptors (Lipinski definition) is 4. The Hall–Kier alpha value is -1.76. The second kappa shape index (κ2) is 6.39. The number of likely N-dealkylation sites (tertiary alicyclic amines) is 1. The van der Waals surface area contributed by atoms with Crippen LogP contribution < -0.4 is 5.32 Å².